The normalized spacial score (nSPS) is 10.7. The monoisotopic (exact) mass is 238 g/mol. The van der Waals surface area contributed by atoms with Crippen molar-refractivity contribution in [1.29, 1.82) is 0 Å². The molecule has 1 aromatic carbocycles. The number of aryl methyl sites for hydroxylation is 1. The van der Waals surface area contributed by atoms with E-state index in [1.165, 1.54) is 0 Å². The Morgan fingerprint density at radius 2 is 2.06 bits per heavy atom. The van der Waals surface area contributed by atoms with Crippen molar-refractivity contribution in [3.8, 4) is 5.75 Å². The average Bonchev–Trinajstić information content (AvgIpc) is 2.25. The lowest BCUT2D eigenvalue weighted by Gasteiger charge is -2.09. The van der Waals surface area contributed by atoms with Gasteiger partial charge >= 0.3 is 0 Å². The van der Waals surface area contributed by atoms with E-state index in [2.05, 4.69) is 0 Å². The molecule has 0 radical (unpaired) electrons. The number of fused-ring (bicyclic) bond motifs is 1. The first kappa shape index (κ1) is 10.8. The largest absolute Gasteiger partial charge is 0.617 e. The SMILES string of the molecule is COc1cc(N)c2c(c1)c(C)cc(Cl)[n+]2[O-]. The summed E-state index contributed by atoms with van der Waals surface area (Å²) in [5.74, 6) is 0.621. The molecule has 0 fully saturated rings. The number of nitrogens with two attached hydrogens (primary N) is 1. The molecule has 2 rings (SSSR count). The predicted molar refractivity (Wildman–Crippen MR) is 63.6 cm³/mol. The van der Waals surface area contributed by atoms with Crippen LogP contribution in [-0.4, -0.2) is 7.11 Å². The van der Waals surface area contributed by atoms with E-state index in [4.69, 9.17) is 22.1 Å². The summed E-state index contributed by atoms with van der Waals surface area (Å²) in [6, 6.07) is 4.98. The van der Waals surface area contributed by atoms with Crippen molar-refractivity contribution in [2.45, 2.75) is 6.92 Å². The summed E-state index contributed by atoms with van der Waals surface area (Å²) in [5, 5.41) is 12.6. The molecule has 0 aliphatic heterocycles. The Balaban J connectivity index is 2.94. The molecule has 84 valence electrons. The molecule has 0 amide bonds. The third kappa shape index (κ3) is 1.51. The van der Waals surface area contributed by atoms with Crippen LogP contribution in [0.15, 0.2) is 18.2 Å². The van der Waals surface area contributed by atoms with Gasteiger partial charge in [0.25, 0.3) is 5.15 Å². The minimum absolute atomic E-state index is 0.113. The summed E-state index contributed by atoms with van der Waals surface area (Å²) < 4.78 is 5.73. The fourth-order valence-electron chi connectivity index (χ4n) is 1.70. The quantitative estimate of drug-likeness (QED) is 0.358. The van der Waals surface area contributed by atoms with Crippen molar-refractivity contribution in [2.75, 3.05) is 12.8 Å². The third-order valence-electron chi connectivity index (χ3n) is 2.51. The molecule has 0 atom stereocenters. The molecule has 0 unspecified atom stereocenters. The Hall–Kier alpha value is -1.68. The number of hydrogen-bond donors (Lipinski definition) is 1. The lowest BCUT2D eigenvalue weighted by atomic mass is 10.1. The molecule has 1 heterocycles. The zero-order valence-corrected chi connectivity index (χ0v) is 9.71. The van der Waals surface area contributed by atoms with Crippen LogP contribution in [0.1, 0.15) is 5.56 Å². The molecule has 0 aliphatic rings. The van der Waals surface area contributed by atoms with E-state index in [9.17, 15) is 5.21 Å². The number of anilines is 1. The number of nitrogen functional groups attached to an aromatic ring is 1. The van der Waals surface area contributed by atoms with E-state index in [-0.39, 0.29) is 5.15 Å². The Morgan fingerprint density at radius 3 is 2.69 bits per heavy atom. The first-order chi connectivity index (χ1) is 7.54. The highest BCUT2D eigenvalue weighted by Gasteiger charge is 2.16. The smallest absolute Gasteiger partial charge is 0.287 e. The summed E-state index contributed by atoms with van der Waals surface area (Å²) in [4.78, 5) is 0. The molecule has 0 bridgehead atoms. The van der Waals surface area contributed by atoms with Gasteiger partial charge < -0.3 is 15.7 Å². The molecule has 0 spiro atoms. The highest BCUT2D eigenvalue weighted by atomic mass is 35.5. The van der Waals surface area contributed by atoms with Crippen LogP contribution in [0.25, 0.3) is 10.9 Å². The van der Waals surface area contributed by atoms with Crippen molar-refractivity contribution in [3.05, 3.63) is 34.1 Å². The molecular formula is C11H11ClN2O2. The second kappa shape index (κ2) is 3.72. The van der Waals surface area contributed by atoms with E-state index < -0.39 is 0 Å². The van der Waals surface area contributed by atoms with Crippen LogP contribution in [0.5, 0.6) is 5.75 Å². The van der Waals surface area contributed by atoms with Gasteiger partial charge in [0.2, 0.25) is 5.52 Å². The lowest BCUT2D eigenvalue weighted by molar-refractivity contribution is -0.574. The number of aromatic nitrogens is 1. The van der Waals surface area contributed by atoms with E-state index >= 15 is 0 Å². The number of rotatable bonds is 1. The van der Waals surface area contributed by atoms with Gasteiger partial charge in [-0.2, -0.15) is 4.73 Å². The minimum Gasteiger partial charge on any atom is -0.617 e. The summed E-state index contributed by atoms with van der Waals surface area (Å²) in [6.07, 6.45) is 0. The Morgan fingerprint density at radius 1 is 1.38 bits per heavy atom. The minimum atomic E-state index is 0.113. The van der Waals surface area contributed by atoms with Gasteiger partial charge in [0.1, 0.15) is 11.4 Å². The molecule has 16 heavy (non-hydrogen) atoms. The zero-order valence-electron chi connectivity index (χ0n) is 8.95. The molecule has 0 aliphatic carbocycles. The molecule has 0 saturated heterocycles. The summed E-state index contributed by atoms with van der Waals surface area (Å²) in [6.45, 7) is 1.87. The second-order valence-electron chi connectivity index (χ2n) is 3.56. The van der Waals surface area contributed by atoms with Gasteiger partial charge in [-0.1, -0.05) is 0 Å². The predicted octanol–water partition coefficient (Wildman–Crippen LogP) is 2.03. The standard InChI is InChI=1S/C11H11ClN2O2/c1-6-3-10(12)14(15)11-8(6)4-7(16-2)5-9(11)13/h3-5H,13H2,1-2H3. The second-order valence-corrected chi connectivity index (χ2v) is 3.94. The van der Waals surface area contributed by atoms with Crippen molar-refractivity contribution in [1.82, 2.24) is 0 Å². The van der Waals surface area contributed by atoms with Crippen molar-refractivity contribution in [2.24, 2.45) is 0 Å². The molecule has 4 nitrogen and oxygen atoms in total. The first-order valence-corrected chi connectivity index (χ1v) is 5.08. The maximum absolute atomic E-state index is 11.8. The number of benzene rings is 1. The van der Waals surface area contributed by atoms with Crippen LogP contribution in [0.2, 0.25) is 5.15 Å². The van der Waals surface area contributed by atoms with Crippen LogP contribution in [-0.2, 0) is 0 Å². The summed E-state index contributed by atoms with van der Waals surface area (Å²) in [7, 11) is 1.55. The van der Waals surface area contributed by atoms with Crippen molar-refractivity contribution < 1.29 is 9.47 Å². The van der Waals surface area contributed by atoms with Gasteiger partial charge in [-0.05, 0) is 30.2 Å². The number of ether oxygens (including phenoxy) is 1. The van der Waals surface area contributed by atoms with Gasteiger partial charge in [-0.25, -0.2) is 0 Å². The van der Waals surface area contributed by atoms with Gasteiger partial charge in [-0.3, -0.25) is 0 Å². The number of hydrogen-bond acceptors (Lipinski definition) is 3. The average molecular weight is 239 g/mol. The maximum Gasteiger partial charge on any atom is 0.287 e. The summed E-state index contributed by atoms with van der Waals surface area (Å²) >= 11 is 5.80. The first-order valence-electron chi connectivity index (χ1n) is 4.70. The Kier molecular flexibility index (Phi) is 2.52. The fraction of sp³-hybridized carbons (Fsp3) is 0.182. The van der Waals surface area contributed by atoms with E-state index in [0.29, 0.717) is 21.7 Å². The van der Waals surface area contributed by atoms with Crippen molar-refractivity contribution in [3.63, 3.8) is 0 Å². The topological polar surface area (TPSA) is 62.2 Å². The highest BCUT2D eigenvalue weighted by molar-refractivity contribution is 6.28. The number of methoxy groups -OCH3 is 1. The highest BCUT2D eigenvalue weighted by Crippen LogP contribution is 2.28. The van der Waals surface area contributed by atoms with Crippen LogP contribution >= 0.6 is 11.6 Å². The van der Waals surface area contributed by atoms with Crippen LogP contribution in [0, 0.1) is 12.1 Å². The van der Waals surface area contributed by atoms with Gasteiger partial charge in [0.05, 0.1) is 12.5 Å². The Labute approximate surface area is 97.8 Å². The van der Waals surface area contributed by atoms with Gasteiger partial charge in [0, 0.05) is 12.1 Å². The van der Waals surface area contributed by atoms with Crippen molar-refractivity contribution >= 4 is 28.2 Å². The Bertz CT molecular complexity index is 570. The molecule has 2 aromatic rings. The van der Waals surface area contributed by atoms with E-state index in [1.54, 1.807) is 25.3 Å². The van der Waals surface area contributed by atoms with Gasteiger partial charge in [-0.15, -0.1) is 0 Å². The van der Waals surface area contributed by atoms with Crippen LogP contribution in [0.4, 0.5) is 5.69 Å². The molecule has 0 saturated carbocycles. The fourth-order valence-corrected chi connectivity index (χ4v) is 1.94. The zero-order chi connectivity index (χ0) is 11.9. The number of halogens is 1. The molecular weight excluding hydrogens is 228 g/mol. The third-order valence-corrected chi connectivity index (χ3v) is 2.77. The number of nitrogens with zero attached hydrogens (tertiary/aromatic N) is 1. The lowest BCUT2D eigenvalue weighted by Crippen LogP contribution is -2.29. The van der Waals surface area contributed by atoms with Crippen LogP contribution < -0.4 is 15.2 Å². The van der Waals surface area contributed by atoms with Gasteiger partial charge in [0.15, 0.2) is 0 Å². The molecule has 1 aromatic heterocycles. The molecule has 2 N–H and O–H groups in total. The number of pyridine rings is 1. The molecule has 5 heteroatoms. The summed E-state index contributed by atoms with van der Waals surface area (Å²) in [5.41, 5.74) is 7.44. The van der Waals surface area contributed by atoms with Crippen LogP contribution in [0.3, 0.4) is 0 Å². The maximum atomic E-state index is 11.8. The van der Waals surface area contributed by atoms with E-state index in [1.807, 2.05) is 6.92 Å². The van der Waals surface area contributed by atoms with E-state index in [0.717, 1.165) is 10.9 Å².